The van der Waals surface area contributed by atoms with E-state index in [-0.39, 0.29) is 6.42 Å². The van der Waals surface area contributed by atoms with E-state index in [1.165, 1.54) is 12.1 Å². The predicted octanol–water partition coefficient (Wildman–Crippen LogP) is 1.54. The van der Waals surface area contributed by atoms with Crippen molar-refractivity contribution in [3.05, 3.63) is 34.1 Å². The summed E-state index contributed by atoms with van der Waals surface area (Å²) in [7, 11) is 0. The Hall–Kier alpha value is -0.940. The Labute approximate surface area is 88.9 Å². The van der Waals surface area contributed by atoms with E-state index >= 15 is 0 Å². The van der Waals surface area contributed by atoms with Gasteiger partial charge in [-0.25, -0.2) is 4.39 Å². The first-order valence-corrected chi connectivity index (χ1v) is 4.72. The number of carbonyl (C=O) groups is 1. The molecule has 1 aromatic rings. The molecule has 0 aliphatic carbocycles. The highest BCUT2D eigenvalue weighted by Crippen LogP contribution is 2.16. The molecule has 0 saturated carbocycles. The molecule has 1 rings (SSSR count). The number of halogens is 2. The summed E-state index contributed by atoms with van der Waals surface area (Å²) in [4.78, 5) is 10.4. The zero-order valence-corrected chi connectivity index (χ0v) is 8.79. The van der Waals surface area contributed by atoms with Gasteiger partial charge in [0.15, 0.2) is 0 Å². The number of carboxylic acid groups (broad SMARTS) is 1. The van der Waals surface area contributed by atoms with Crippen LogP contribution < -0.4 is 5.73 Å². The average Bonchev–Trinajstić information content (AvgIpc) is 2.11. The Morgan fingerprint density at radius 1 is 1.64 bits per heavy atom. The zero-order valence-electron chi connectivity index (χ0n) is 7.21. The summed E-state index contributed by atoms with van der Waals surface area (Å²) in [5.41, 5.74) is 5.59. The normalized spacial score (nSPS) is 12.5. The lowest BCUT2D eigenvalue weighted by atomic mass is 10.1. The number of nitrogens with two attached hydrogens (primary N) is 1. The Morgan fingerprint density at radius 2 is 2.29 bits per heavy atom. The fraction of sp³-hybridized carbons (Fsp3) is 0.222. The summed E-state index contributed by atoms with van der Waals surface area (Å²) in [5.74, 6) is -1.57. The Morgan fingerprint density at radius 3 is 2.86 bits per heavy atom. The molecular formula is C9H9BrFNO2. The van der Waals surface area contributed by atoms with Crippen molar-refractivity contribution in [3.63, 3.8) is 0 Å². The standard InChI is InChI=1S/C9H9BrFNO2/c10-6-1-2-7(11)5(3-6)4-8(12)9(13)14/h1-3,8H,4,12H2,(H,13,14)/t8-/m0/s1. The van der Waals surface area contributed by atoms with Gasteiger partial charge in [0.1, 0.15) is 11.9 Å². The third kappa shape index (κ3) is 2.78. The molecule has 0 radical (unpaired) electrons. The van der Waals surface area contributed by atoms with Gasteiger partial charge in [-0.1, -0.05) is 15.9 Å². The summed E-state index contributed by atoms with van der Waals surface area (Å²) >= 11 is 3.17. The molecule has 0 saturated heterocycles. The lowest BCUT2D eigenvalue weighted by molar-refractivity contribution is -0.138. The fourth-order valence-electron chi connectivity index (χ4n) is 1.02. The Kier molecular flexibility index (Phi) is 3.60. The van der Waals surface area contributed by atoms with Crippen molar-refractivity contribution in [3.8, 4) is 0 Å². The van der Waals surface area contributed by atoms with Crippen LogP contribution in [0.15, 0.2) is 22.7 Å². The van der Waals surface area contributed by atoms with Crippen LogP contribution in [0, 0.1) is 5.82 Å². The minimum Gasteiger partial charge on any atom is -0.480 e. The number of hydrogen-bond acceptors (Lipinski definition) is 2. The van der Waals surface area contributed by atoms with Gasteiger partial charge in [0.2, 0.25) is 0 Å². The zero-order chi connectivity index (χ0) is 10.7. The molecule has 0 amide bonds. The van der Waals surface area contributed by atoms with Crippen LogP contribution in [0.1, 0.15) is 5.56 Å². The predicted molar refractivity (Wildman–Crippen MR) is 53.4 cm³/mol. The van der Waals surface area contributed by atoms with Crippen LogP contribution >= 0.6 is 15.9 Å². The van der Waals surface area contributed by atoms with E-state index in [9.17, 15) is 9.18 Å². The van der Waals surface area contributed by atoms with Crippen molar-refractivity contribution in [1.29, 1.82) is 0 Å². The first-order valence-electron chi connectivity index (χ1n) is 3.93. The SMILES string of the molecule is N[C@@H](Cc1cc(Br)ccc1F)C(=O)O. The van der Waals surface area contributed by atoms with Gasteiger partial charge in [-0.2, -0.15) is 0 Å². The molecule has 3 N–H and O–H groups in total. The molecule has 76 valence electrons. The van der Waals surface area contributed by atoms with Gasteiger partial charge in [-0.05, 0) is 23.8 Å². The molecule has 0 aliphatic rings. The minimum absolute atomic E-state index is 0.0133. The molecule has 3 nitrogen and oxygen atoms in total. The number of aliphatic carboxylic acids is 1. The van der Waals surface area contributed by atoms with E-state index in [2.05, 4.69) is 15.9 Å². The second kappa shape index (κ2) is 4.52. The molecule has 0 spiro atoms. The molecule has 0 heterocycles. The van der Waals surface area contributed by atoms with Gasteiger partial charge in [0.05, 0.1) is 0 Å². The van der Waals surface area contributed by atoms with Crippen LogP contribution in [0.25, 0.3) is 0 Å². The van der Waals surface area contributed by atoms with E-state index in [0.29, 0.717) is 10.0 Å². The monoisotopic (exact) mass is 261 g/mol. The van der Waals surface area contributed by atoms with Crippen LogP contribution in [-0.2, 0) is 11.2 Å². The van der Waals surface area contributed by atoms with Crippen molar-refractivity contribution < 1.29 is 14.3 Å². The molecule has 0 fully saturated rings. The molecule has 0 bridgehead atoms. The first-order chi connectivity index (χ1) is 6.50. The molecular weight excluding hydrogens is 253 g/mol. The maximum atomic E-state index is 13.1. The highest BCUT2D eigenvalue weighted by Gasteiger charge is 2.14. The van der Waals surface area contributed by atoms with E-state index in [4.69, 9.17) is 10.8 Å². The quantitative estimate of drug-likeness (QED) is 0.868. The van der Waals surface area contributed by atoms with Crippen LogP contribution in [0.2, 0.25) is 0 Å². The minimum atomic E-state index is -1.13. The van der Waals surface area contributed by atoms with Gasteiger partial charge in [-0.3, -0.25) is 4.79 Å². The first kappa shape index (κ1) is 11.1. The maximum Gasteiger partial charge on any atom is 0.320 e. The summed E-state index contributed by atoms with van der Waals surface area (Å²) in [6, 6.07) is 3.27. The summed E-state index contributed by atoms with van der Waals surface area (Å²) in [5, 5.41) is 8.54. The van der Waals surface area contributed by atoms with Crippen molar-refractivity contribution in [2.24, 2.45) is 5.73 Å². The second-order valence-corrected chi connectivity index (χ2v) is 3.80. The van der Waals surface area contributed by atoms with E-state index in [1.54, 1.807) is 6.07 Å². The fourth-order valence-corrected chi connectivity index (χ4v) is 1.43. The maximum absolute atomic E-state index is 13.1. The summed E-state index contributed by atoms with van der Waals surface area (Å²) < 4.78 is 13.8. The Bertz CT molecular complexity index is 357. The molecule has 0 aromatic heterocycles. The van der Waals surface area contributed by atoms with Gasteiger partial charge >= 0.3 is 5.97 Å². The lowest BCUT2D eigenvalue weighted by Gasteiger charge is -2.07. The van der Waals surface area contributed by atoms with Crippen LogP contribution in [0.4, 0.5) is 4.39 Å². The highest BCUT2D eigenvalue weighted by molar-refractivity contribution is 9.10. The molecule has 0 unspecified atom stereocenters. The number of benzene rings is 1. The summed E-state index contributed by atoms with van der Waals surface area (Å²) in [6.45, 7) is 0. The smallest absolute Gasteiger partial charge is 0.320 e. The molecule has 14 heavy (non-hydrogen) atoms. The van der Waals surface area contributed by atoms with Crippen molar-refractivity contribution in [1.82, 2.24) is 0 Å². The van der Waals surface area contributed by atoms with Crippen molar-refractivity contribution in [2.45, 2.75) is 12.5 Å². The summed E-state index contributed by atoms with van der Waals surface area (Å²) in [6.07, 6.45) is -0.0133. The lowest BCUT2D eigenvalue weighted by Crippen LogP contribution is -2.32. The topological polar surface area (TPSA) is 63.3 Å². The average molecular weight is 262 g/mol. The number of hydrogen-bond donors (Lipinski definition) is 2. The van der Waals surface area contributed by atoms with E-state index in [1.807, 2.05) is 0 Å². The second-order valence-electron chi connectivity index (χ2n) is 2.88. The van der Waals surface area contributed by atoms with Crippen LogP contribution in [-0.4, -0.2) is 17.1 Å². The third-order valence-electron chi connectivity index (χ3n) is 1.76. The van der Waals surface area contributed by atoms with Gasteiger partial charge < -0.3 is 10.8 Å². The van der Waals surface area contributed by atoms with Gasteiger partial charge in [-0.15, -0.1) is 0 Å². The van der Waals surface area contributed by atoms with Crippen LogP contribution in [0.3, 0.4) is 0 Å². The number of carboxylic acids is 1. The highest BCUT2D eigenvalue weighted by atomic mass is 79.9. The van der Waals surface area contributed by atoms with E-state index in [0.717, 1.165) is 0 Å². The van der Waals surface area contributed by atoms with Gasteiger partial charge in [0, 0.05) is 10.9 Å². The Balaban J connectivity index is 2.85. The van der Waals surface area contributed by atoms with Crippen molar-refractivity contribution in [2.75, 3.05) is 0 Å². The third-order valence-corrected chi connectivity index (χ3v) is 2.26. The number of rotatable bonds is 3. The van der Waals surface area contributed by atoms with Crippen molar-refractivity contribution >= 4 is 21.9 Å². The van der Waals surface area contributed by atoms with Gasteiger partial charge in [0.25, 0.3) is 0 Å². The molecule has 1 aromatic carbocycles. The molecule has 0 aliphatic heterocycles. The largest absolute Gasteiger partial charge is 0.480 e. The molecule has 5 heteroatoms. The van der Waals surface area contributed by atoms with E-state index < -0.39 is 17.8 Å². The molecule has 1 atom stereocenters. The van der Waals surface area contributed by atoms with Crippen LogP contribution in [0.5, 0.6) is 0 Å².